The largest absolute Gasteiger partial charge is 0.496 e. The number of carbonyl (C=O) groups excluding carboxylic acids is 1. The van der Waals surface area contributed by atoms with Gasteiger partial charge in [0.25, 0.3) is 0 Å². The fraction of sp³-hybridized carbons (Fsp3) is 0.238. The molecule has 0 aliphatic heterocycles. The lowest BCUT2D eigenvalue weighted by molar-refractivity contribution is 0.233. The number of amides is 2. The topological polar surface area (TPSA) is 77.4 Å². The van der Waals surface area contributed by atoms with Crippen LogP contribution >= 0.6 is 0 Å². The first kappa shape index (κ1) is 20.2. The number of rotatable bonds is 8. The molecule has 0 saturated heterocycles. The van der Waals surface area contributed by atoms with Crippen molar-refractivity contribution in [3.05, 3.63) is 78.1 Å². The number of benzene rings is 2. The number of halogens is 1. The van der Waals surface area contributed by atoms with Gasteiger partial charge in [-0.1, -0.05) is 30.3 Å². The zero-order chi connectivity index (χ0) is 20.6. The monoisotopic (exact) mass is 398 g/mol. The number of urea groups is 1. The summed E-state index contributed by atoms with van der Waals surface area (Å²) in [6, 6.07) is 12.6. The summed E-state index contributed by atoms with van der Waals surface area (Å²) in [7, 11) is 3.43. The van der Waals surface area contributed by atoms with E-state index in [1.54, 1.807) is 31.6 Å². The average molecular weight is 398 g/mol. The van der Waals surface area contributed by atoms with Crippen LogP contribution in [0.5, 0.6) is 11.5 Å². The van der Waals surface area contributed by atoms with Gasteiger partial charge in [-0.25, -0.2) is 14.2 Å². The van der Waals surface area contributed by atoms with E-state index in [4.69, 9.17) is 9.47 Å². The minimum Gasteiger partial charge on any atom is -0.496 e. The van der Waals surface area contributed by atoms with Gasteiger partial charge >= 0.3 is 6.03 Å². The zero-order valence-corrected chi connectivity index (χ0v) is 16.3. The fourth-order valence-corrected chi connectivity index (χ4v) is 2.91. The van der Waals surface area contributed by atoms with Gasteiger partial charge in [0.2, 0.25) is 0 Å². The van der Waals surface area contributed by atoms with Crippen molar-refractivity contribution in [2.75, 3.05) is 20.3 Å². The molecule has 2 amide bonds. The van der Waals surface area contributed by atoms with Crippen molar-refractivity contribution in [2.24, 2.45) is 7.05 Å². The maximum absolute atomic E-state index is 13.6. The number of imidazole rings is 1. The molecule has 29 heavy (non-hydrogen) atoms. The van der Waals surface area contributed by atoms with E-state index in [2.05, 4.69) is 15.6 Å². The van der Waals surface area contributed by atoms with Crippen LogP contribution in [0.15, 0.2) is 60.9 Å². The average Bonchev–Trinajstić information content (AvgIpc) is 3.16. The van der Waals surface area contributed by atoms with Gasteiger partial charge in [-0.2, -0.15) is 0 Å². The lowest BCUT2D eigenvalue weighted by atomic mass is 10.0. The number of methoxy groups -OCH3 is 1. The molecule has 1 aromatic heterocycles. The van der Waals surface area contributed by atoms with Gasteiger partial charge in [0.1, 0.15) is 24.2 Å². The summed E-state index contributed by atoms with van der Waals surface area (Å²) in [4.78, 5) is 16.8. The number of nitrogens with one attached hydrogen (secondary N) is 2. The molecule has 2 aromatic carbocycles. The molecule has 1 atom stereocenters. The number of hydrogen-bond acceptors (Lipinski definition) is 4. The van der Waals surface area contributed by atoms with Gasteiger partial charge in [-0.3, -0.25) is 0 Å². The highest BCUT2D eigenvalue weighted by molar-refractivity contribution is 5.75. The summed E-state index contributed by atoms with van der Waals surface area (Å²) in [5, 5.41) is 5.63. The first-order valence-corrected chi connectivity index (χ1v) is 9.12. The molecule has 152 valence electrons. The van der Waals surface area contributed by atoms with Crippen molar-refractivity contribution in [1.29, 1.82) is 0 Å². The van der Waals surface area contributed by atoms with Crippen LogP contribution in [-0.4, -0.2) is 35.8 Å². The van der Waals surface area contributed by atoms with E-state index >= 15 is 0 Å². The van der Waals surface area contributed by atoms with E-state index in [0.29, 0.717) is 11.6 Å². The minimum absolute atomic E-state index is 0.135. The lowest BCUT2D eigenvalue weighted by Crippen LogP contribution is -2.40. The molecule has 2 N–H and O–H groups in total. The van der Waals surface area contributed by atoms with Crippen LogP contribution in [0.1, 0.15) is 17.4 Å². The molecule has 7 nitrogen and oxygen atoms in total. The first-order valence-electron chi connectivity index (χ1n) is 9.12. The Morgan fingerprint density at radius 1 is 1.17 bits per heavy atom. The Balaban J connectivity index is 1.64. The summed E-state index contributed by atoms with van der Waals surface area (Å²) >= 11 is 0. The number of hydrogen-bond donors (Lipinski definition) is 2. The molecule has 0 saturated carbocycles. The van der Waals surface area contributed by atoms with Gasteiger partial charge in [-0.15, -0.1) is 0 Å². The van der Waals surface area contributed by atoms with E-state index in [-0.39, 0.29) is 18.9 Å². The molecular weight excluding hydrogens is 375 g/mol. The van der Waals surface area contributed by atoms with Crippen LogP contribution in [0.2, 0.25) is 0 Å². The van der Waals surface area contributed by atoms with Crippen molar-refractivity contribution in [1.82, 2.24) is 20.2 Å². The molecule has 0 aliphatic rings. The Bertz CT molecular complexity index is 960. The summed E-state index contributed by atoms with van der Waals surface area (Å²) in [5.41, 5.74) is 0.780. The van der Waals surface area contributed by atoms with Crippen LogP contribution < -0.4 is 20.1 Å². The zero-order valence-electron chi connectivity index (χ0n) is 16.3. The molecule has 0 spiro atoms. The number of aryl methyl sites for hydroxylation is 1. The van der Waals surface area contributed by atoms with Crippen LogP contribution in [-0.2, 0) is 7.05 Å². The molecule has 0 fully saturated rings. The molecule has 0 bridgehead atoms. The molecule has 8 heteroatoms. The minimum atomic E-state index is -0.515. The van der Waals surface area contributed by atoms with E-state index in [1.807, 2.05) is 35.9 Å². The first-order chi connectivity index (χ1) is 14.1. The summed E-state index contributed by atoms with van der Waals surface area (Å²) < 4.78 is 26.2. The summed E-state index contributed by atoms with van der Waals surface area (Å²) in [5.74, 6) is 1.01. The highest BCUT2D eigenvalue weighted by Gasteiger charge is 2.23. The molecule has 1 heterocycles. The summed E-state index contributed by atoms with van der Waals surface area (Å²) in [6.45, 7) is 0.343. The second-order valence-electron chi connectivity index (χ2n) is 6.25. The quantitative estimate of drug-likeness (QED) is 0.572. The van der Waals surface area contributed by atoms with Gasteiger partial charge in [0, 0.05) is 25.0 Å². The standard InChI is InChI=1S/C21H23FN4O3/c1-26-13-11-23-20(26)19(15-7-3-5-9-17(15)28-2)25-21(27)24-12-14-29-18-10-6-4-8-16(18)22/h3-11,13,19H,12,14H2,1-2H3,(H2,24,25,27)/t19-/m1/s1. The van der Waals surface area contributed by atoms with Crippen molar-refractivity contribution < 1.29 is 18.7 Å². The second kappa shape index (κ2) is 9.59. The third-order valence-corrected chi connectivity index (χ3v) is 4.32. The molecule has 3 aromatic rings. The lowest BCUT2D eigenvalue weighted by Gasteiger charge is -2.21. The van der Waals surface area contributed by atoms with Crippen molar-refractivity contribution in [3.63, 3.8) is 0 Å². The highest BCUT2D eigenvalue weighted by atomic mass is 19.1. The van der Waals surface area contributed by atoms with Crippen molar-refractivity contribution >= 4 is 6.03 Å². The Labute approximate surface area is 168 Å². The molecular formula is C21H23FN4O3. The van der Waals surface area contributed by atoms with Crippen molar-refractivity contribution in [3.8, 4) is 11.5 Å². The van der Waals surface area contributed by atoms with Crippen LogP contribution in [0.25, 0.3) is 0 Å². The van der Waals surface area contributed by atoms with Crippen LogP contribution in [0.3, 0.4) is 0 Å². The van der Waals surface area contributed by atoms with Crippen LogP contribution in [0, 0.1) is 5.82 Å². The predicted molar refractivity (Wildman–Crippen MR) is 106 cm³/mol. The number of carbonyl (C=O) groups is 1. The molecule has 3 rings (SSSR count). The Morgan fingerprint density at radius 3 is 2.59 bits per heavy atom. The number of aromatic nitrogens is 2. The van der Waals surface area contributed by atoms with Gasteiger partial charge in [0.15, 0.2) is 11.6 Å². The SMILES string of the molecule is COc1ccccc1[C@@H](NC(=O)NCCOc1ccccc1F)c1nccn1C. The van der Waals surface area contributed by atoms with Gasteiger partial charge < -0.3 is 24.7 Å². The molecule has 0 aliphatic carbocycles. The third kappa shape index (κ3) is 5.04. The second-order valence-corrected chi connectivity index (χ2v) is 6.25. The normalized spacial score (nSPS) is 11.6. The Hall–Kier alpha value is -3.55. The maximum atomic E-state index is 13.6. The van der Waals surface area contributed by atoms with Crippen molar-refractivity contribution in [2.45, 2.75) is 6.04 Å². The number of ether oxygens (including phenoxy) is 2. The smallest absolute Gasteiger partial charge is 0.315 e. The number of nitrogens with zero attached hydrogens (tertiary/aromatic N) is 2. The molecule has 0 radical (unpaired) electrons. The number of para-hydroxylation sites is 2. The fourth-order valence-electron chi connectivity index (χ4n) is 2.91. The van der Waals surface area contributed by atoms with Crippen LogP contribution in [0.4, 0.5) is 9.18 Å². The molecule has 0 unspecified atom stereocenters. The van der Waals surface area contributed by atoms with E-state index in [0.717, 1.165) is 5.56 Å². The highest BCUT2D eigenvalue weighted by Crippen LogP contribution is 2.28. The third-order valence-electron chi connectivity index (χ3n) is 4.32. The maximum Gasteiger partial charge on any atom is 0.315 e. The summed E-state index contributed by atoms with van der Waals surface area (Å²) in [6.07, 6.45) is 3.47. The van der Waals surface area contributed by atoms with E-state index in [1.165, 1.54) is 12.1 Å². The predicted octanol–water partition coefficient (Wildman–Crippen LogP) is 3.04. The van der Waals surface area contributed by atoms with Gasteiger partial charge in [0.05, 0.1) is 13.7 Å². The van der Waals surface area contributed by atoms with Gasteiger partial charge in [-0.05, 0) is 18.2 Å². The van der Waals surface area contributed by atoms with E-state index < -0.39 is 17.9 Å². The Morgan fingerprint density at radius 2 is 1.90 bits per heavy atom. The van der Waals surface area contributed by atoms with E-state index in [9.17, 15) is 9.18 Å². The Kier molecular flexibility index (Phi) is 6.67.